The van der Waals surface area contributed by atoms with Gasteiger partial charge in [0.25, 0.3) is 5.91 Å². The van der Waals surface area contributed by atoms with Gasteiger partial charge in [0.2, 0.25) is 0 Å². The van der Waals surface area contributed by atoms with E-state index in [1.165, 1.54) is 5.56 Å². The Morgan fingerprint density at radius 2 is 1.44 bits per heavy atom. The number of rotatable bonds is 6. The molecular weight excluding hydrogens is 334 g/mol. The van der Waals surface area contributed by atoms with Gasteiger partial charge in [-0.25, -0.2) is 0 Å². The molecule has 1 aromatic heterocycles. The van der Waals surface area contributed by atoms with Gasteiger partial charge in [-0.05, 0) is 23.6 Å². The summed E-state index contributed by atoms with van der Waals surface area (Å²) in [6.07, 6.45) is 0.807. The van der Waals surface area contributed by atoms with Gasteiger partial charge in [-0.1, -0.05) is 78.9 Å². The number of aromatic nitrogens is 2. The Balaban J connectivity index is 1.60. The number of nitrogens with one attached hydrogen (secondary N) is 1. The topological polar surface area (TPSA) is 49.0 Å². The molecule has 4 aromatic rings. The van der Waals surface area contributed by atoms with E-state index >= 15 is 0 Å². The average Bonchev–Trinajstić information content (AvgIpc) is 3.16. The summed E-state index contributed by atoms with van der Waals surface area (Å²) >= 11 is 0. The molecule has 0 radical (unpaired) electrons. The predicted molar refractivity (Wildman–Crippen MR) is 107 cm³/mol. The van der Waals surface area contributed by atoms with Gasteiger partial charge in [0.1, 0.15) is 0 Å². The van der Waals surface area contributed by atoms with Crippen LogP contribution >= 0.6 is 0 Å². The summed E-state index contributed by atoms with van der Waals surface area (Å²) < 4.78 is 0. The molecule has 1 heterocycles. The van der Waals surface area contributed by atoms with Crippen LogP contribution in [0.1, 0.15) is 21.6 Å². The minimum absolute atomic E-state index is 0.0489. The highest BCUT2D eigenvalue weighted by atomic mass is 16.2. The highest BCUT2D eigenvalue weighted by Gasteiger charge is 2.21. The molecule has 0 unspecified atom stereocenters. The lowest BCUT2D eigenvalue weighted by Gasteiger charge is -2.22. The van der Waals surface area contributed by atoms with E-state index in [4.69, 9.17) is 0 Å². The highest BCUT2D eigenvalue weighted by molar-refractivity contribution is 6.04. The number of benzene rings is 3. The third kappa shape index (κ3) is 3.90. The summed E-state index contributed by atoms with van der Waals surface area (Å²) in [5.74, 6) is -0.0489. The van der Waals surface area contributed by atoms with Crippen LogP contribution in [0.4, 0.5) is 0 Å². The number of hydrogen-bond donors (Lipinski definition) is 1. The second-order valence-electron chi connectivity index (χ2n) is 6.57. The molecule has 3 aromatic carbocycles. The molecule has 0 aliphatic carbocycles. The van der Waals surface area contributed by atoms with Gasteiger partial charge in [-0.15, -0.1) is 0 Å². The molecule has 0 aliphatic rings. The van der Waals surface area contributed by atoms with Gasteiger partial charge < -0.3 is 4.90 Å². The van der Waals surface area contributed by atoms with E-state index in [0.29, 0.717) is 18.8 Å². The molecule has 1 N–H and O–H groups in total. The lowest BCUT2D eigenvalue weighted by molar-refractivity contribution is 0.0741. The van der Waals surface area contributed by atoms with Crippen molar-refractivity contribution in [2.75, 3.05) is 6.54 Å². The summed E-state index contributed by atoms with van der Waals surface area (Å²) in [7, 11) is 0. The number of hydrogen-bond acceptors (Lipinski definition) is 2. The van der Waals surface area contributed by atoms with Crippen molar-refractivity contribution < 1.29 is 4.79 Å². The van der Waals surface area contributed by atoms with Gasteiger partial charge in [0.05, 0.1) is 5.52 Å². The summed E-state index contributed by atoms with van der Waals surface area (Å²) in [5.41, 5.74) is 3.69. The molecule has 0 bridgehead atoms. The minimum atomic E-state index is -0.0489. The van der Waals surface area contributed by atoms with Crippen LogP contribution in [0.5, 0.6) is 0 Å². The summed E-state index contributed by atoms with van der Waals surface area (Å²) in [6, 6.07) is 28.1. The van der Waals surface area contributed by atoms with Gasteiger partial charge in [-0.3, -0.25) is 9.89 Å². The number of fused-ring (bicyclic) bond motifs is 1. The van der Waals surface area contributed by atoms with Gasteiger partial charge in [0.15, 0.2) is 5.69 Å². The molecular formula is C23H21N3O. The predicted octanol–water partition coefficient (Wildman–Crippen LogP) is 4.45. The highest BCUT2D eigenvalue weighted by Crippen LogP contribution is 2.18. The van der Waals surface area contributed by atoms with E-state index in [-0.39, 0.29) is 5.91 Å². The first-order chi connectivity index (χ1) is 13.3. The Bertz CT molecular complexity index is 1030. The van der Waals surface area contributed by atoms with E-state index in [0.717, 1.165) is 22.9 Å². The molecule has 0 atom stereocenters. The van der Waals surface area contributed by atoms with Crippen molar-refractivity contribution in [1.82, 2.24) is 15.1 Å². The zero-order valence-electron chi connectivity index (χ0n) is 15.0. The lowest BCUT2D eigenvalue weighted by Crippen LogP contribution is -2.33. The van der Waals surface area contributed by atoms with Crippen LogP contribution in [0.2, 0.25) is 0 Å². The first-order valence-electron chi connectivity index (χ1n) is 9.11. The third-order valence-corrected chi connectivity index (χ3v) is 4.69. The monoisotopic (exact) mass is 355 g/mol. The molecule has 0 spiro atoms. The van der Waals surface area contributed by atoms with E-state index in [1.807, 2.05) is 77.7 Å². The third-order valence-electron chi connectivity index (χ3n) is 4.69. The van der Waals surface area contributed by atoms with Crippen LogP contribution in [-0.4, -0.2) is 27.5 Å². The van der Waals surface area contributed by atoms with Crippen molar-refractivity contribution in [3.8, 4) is 0 Å². The van der Waals surface area contributed by atoms with Crippen LogP contribution in [-0.2, 0) is 13.0 Å². The van der Waals surface area contributed by atoms with E-state index in [2.05, 4.69) is 22.3 Å². The standard InChI is InChI=1S/C23H21N3O/c27-23(22-20-13-7-8-14-21(20)24-25-22)26(17-19-11-5-2-6-12-19)16-15-18-9-3-1-4-10-18/h1-14H,15-17H2,(H,24,25). The first-order valence-corrected chi connectivity index (χ1v) is 9.11. The fourth-order valence-electron chi connectivity index (χ4n) is 3.24. The van der Waals surface area contributed by atoms with E-state index < -0.39 is 0 Å². The van der Waals surface area contributed by atoms with Crippen LogP contribution < -0.4 is 0 Å². The summed E-state index contributed by atoms with van der Waals surface area (Å²) in [4.78, 5) is 15.2. The number of carbonyl (C=O) groups excluding carboxylic acids is 1. The zero-order chi connectivity index (χ0) is 18.5. The maximum absolute atomic E-state index is 13.3. The van der Waals surface area contributed by atoms with E-state index in [9.17, 15) is 4.79 Å². The molecule has 1 amide bonds. The minimum Gasteiger partial charge on any atom is -0.333 e. The molecule has 4 rings (SSSR count). The first kappa shape index (κ1) is 17.0. The van der Waals surface area contributed by atoms with Gasteiger partial charge >= 0.3 is 0 Å². The van der Waals surface area contributed by atoms with Crippen LogP contribution in [0, 0.1) is 0 Å². The Morgan fingerprint density at radius 3 is 2.19 bits per heavy atom. The molecule has 134 valence electrons. The number of amides is 1. The van der Waals surface area contributed by atoms with Crippen molar-refractivity contribution >= 4 is 16.8 Å². The summed E-state index contributed by atoms with van der Waals surface area (Å²) in [5, 5.41) is 8.12. The largest absolute Gasteiger partial charge is 0.333 e. The molecule has 27 heavy (non-hydrogen) atoms. The van der Waals surface area contributed by atoms with Crippen molar-refractivity contribution in [3.05, 3.63) is 102 Å². The van der Waals surface area contributed by atoms with Crippen molar-refractivity contribution in [3.63, 3.8) is 0 Å². The normalized spacial score (nSPS) is 10.8. The van der Waals surface area contributed by atoms with Gasteiger partial charge in [0, 0.05) is 18.5 Å². The summed E-state index contributed by atoms with van der Waals surface area (Å²) in [6.45, 7) is 1.20. The Morgan fingerprint density at radius 1 is 0.815 bits per heavy atom. The number of carbonyl (C=O) groups is 1. The molecule has 4 nitrogen and oxygen atoms in total. The van der Waals surface area contributed by atoms with Crippen molar-refractivity contribution in [2.24, 2.45) is 0 Å². The SMILES string of the molecule is O=C(c1n[nH]c2ccccc12)N(CCc1ccccc1)Cc1ccccc1. The molecule has 0 fully saturated rings. The second kappa shape index (κ2) is 7.87. The van der Waals surface area contributed by atoms with Gasteiger partial charge in [-0.2, -0.15) is 5.10 Å². The zero-order valence-corrected chi connectivity index (χ0v) is 15.0. The fourth-order valence-corrected chi connectivity index (χ4v) is 3.24. The smallest absolute Gasteiger partial charge is 0.275 e. The maximum Gasteiger partial charge on any atom is 0.275 e. The Labute approximate surface area is 158 Å². The number of nitrogens with zero attached hydrogens (tertiary/aromatic N) is 2. The number of H-pyrrole nitrogens is 1. The maximum atomic E-state index is 13.3. The van der Waals surface area contributed by atoms with E-state index in [1.54, 1.807) is 0 Å². The Kier molecular flexibility index (Phi) is 4.97. The molecule has 0 aliphatic heterocycles. The van der Waals surface area contributed by atoms with Crippen LogP contribution in [0.25, 0.3) is 10.9 Å². The van der Waals surface area contributed by atoms with Crippen molar-refractivity contribution in [2.45, 2.75) is 13.0 Å². The lowest BCUT2D eigenvalue weighted by atomic mass is 10.1. The number of para-hydroxylation sites is 1. The fraction of sp³-hybridized carbons (Fsp3) is 0.130. The quantitative estimate of drug-likeness (QED) is 0.555. The number of aromatic amines is 1. The molecule has 4 heteroatoms. The van der Waals surface area contributed by atoms with Crippen molar-refractivity contribution in [1.29, 1.82) is 0 Å². The van der Waals surface area contributed by atoms with Crippen LogP contribution in [0.3, 0.4) is 0 Å². The van der Waals surface area contributed by atoms with Crippen LogP contribution in [0.15, 0.2) is 84.9 Å². The second-order valence-corrected chi connectivity index (χ2v) is 6.57. The molecule has 0 saturated heterocycles. The molecule has 0 saturated carbocycles. The Hall–Kier alpha value is -3.40. The average molecular weight is 355 g/mol.